The monoisotopic (exact) mass is 314 g/mol. The molecular weight excluding hydrogens is 292 g/mol. The molecule has 1 aliphatic rings. The van der Waals surface area contributed by atoms with Crippen LogP contribution < -0.4 is 19.7 Å². The second kappa shape index (κ2) is 6.32. The molecule has 0 saturated carbocycles. The third kappa shape index (κ3) is 3.02. The zero-order chi connectivity index (χ0) is 16.4. The molecule has 0 saturated heterocycles. The quantitative estimate of drug-likeness (QED) is 0.935. The van der Waals surface area contributed by atoms with Crippen LogP contribution in [0.2, 0.25) is 0 Å². The Labute approximate surface area is 136 Å². The minimum atomic E-state index is 0.646. The van der Waals surface area contributed by atoms with E-state index in [1.54, 1.807) is 14.2 Å². The molecule has 0 amide bonds. The predicted octanol–water partition coefficient (Wildman–Crippen LogP) is 2.41. The highest BCUT2D eigenvalue weighted by molar-refractivity contribution is 5.53. The lowest BCUT2D eigenvalue weighted by Crippen LogP contribution is -2.31. The van der Waals surface area contributed by atoms with Crippen molar-refractivity contribution in [3.8, 4) is 11.5 Å². The van der Waals surface area contributed by atoms with Gasteiger partial charge in [-0.05, 0) is 25.0 Å². The topological polar surface area (TPSA) is 59.5 Å². The molecule has 1 N–H and O–H groups in total. The average Bonchev–Trinajstić information content (AvgIpc) is 2.59. The zero-order valence-corrected chi connectivity index (χ0v) is 14.0. The van der Waals surface area contributed by atoms with Gasteiger partial charge in [0.1, 0.15) is 17.3 Å². The summed E-state index contributed by atoms with van der Waals surface area (Å²) >= 11 is 0. The number of aryl methyl sites for hydroxylation is 1. The van der Waals surface area contributed by atoms with Crippen molar-refractivity contribution in [2.45, 2.75) is 19.9 Å². The lowest BCUT2D eigenvalue weighted by atomic mass is 9.98. The number of nitrogens with one attached hydrogen (secondary N) is 1. The Kier molecular flexibility index (Phi) is 4.23. The van der Waals surface area contributed by atoms with Crippen LogP contribution in [0.4, 0.5) is 11.8 Å². The van der Waals surface area contributed by atoms with E-state index in [4.69, 9.17) is 9.47 Å². The lowest BCUT2D eigenvalue weighted by molar-refractivity contribution is 0.388. The van der Waals surface area contributed by atoms with Gasteiger partial charge in [-0.2, -0.15) is 4.98 Å². The maximum absolute atomic E-state index is 5.56. The summed E-state index contributed by atoms with van der Waals surface area (Å²) < 4.78 is 10.9. The minimum Gasteiger partial charge on any atom is -0.497 e. The van der Waals surface area contributed by atoms with E-state index in [1.807, 2.05) is 26.1 Å². The molecule has 0 spiro atoms. The Morgan fingerprint density at radius 1 is 1.13 bits per heavy atom. The highest BCUT2D eigenvalue weighted by atomic mass is 16.5. The molecule has 3 rings (SSSR count). The van der Waals surface area contributed by atoms with Crippen LogP contribution in [0.1, 0.15) is 16.8 Å². The third-order valence-electron chi connectivity index (χ3n) is 4.12. The Balaban J connectivity index is 1.95. The SMILES string of the molecule is CNc1nc(C)cc(N2CCc3cc(OC)cc(OC)c3C2)n1. The summed E-state index contributed by atoms with van der Waals surface area (Å²) in [5.41, 5.74) is 3.42. The molecule has 6 heteroatoms. The van der Waals surface area contributed by atoms with Gasteiger partial charge in [-0.1, -0.05) is 0 Å². The first-order valence-electron chi connectivity index (χ1n) is 7.66. The summed E-state index contributed by atoms with van der Waals surface area (Å²) in [4.78, 5) is 11.2. The second-order valence-electron chi connectivity index (χ2n) is 5.58. The number of ether oxygens (including phenoxy) is 2. The van der Waals surface area contributed by atoms with Gasteiger partial charge in [-0.15, -0.1) is 0 Å². The summed E-state index contributed by atoms with van der Waals surface area (Å²) in [6, 6.07) is 6.05. The number of fused-ring (bicyclic) bond motifs is 1. The molecule has 0 aliphatic carbocycles. The fraction of sp³-hybridized carbons (Fsp3) is 0.412. The number of hydrogen-bond donors (Lipinski definition) is 1. The molecule has 0 bridgehead atoms. The van der Waals surface area contributed by atoms with Crippen LogP contribution in [-0.2, 0) is 13.0 Å². The molecule has 0 atom stereocenters. The number of hydrogen-bond acceptors (Lipinski definition) is 6. The van der Waals surface area contributed by atoms with Crippen LogP contribution in [0.25, 0.3) is 0 Å². The first-order valence-corrected chi connectivity index (χ1v) is 7.66. The van der Waals surface area contributed by atoms with Crippen LogP contribution in [0.15, 0.2) is 18.2 Å². The molecule has 1 aromatic heterocycles. The molecule has 0 unspecified atom stereocenters. The largest absolute Gasteiger partial charge is 0.497 e. The van der Waals surface area contributed by atoms with Gasteiger partial charge < -0.3 is 19.7 Å². The van der Waals surface area contributed by atoms with Crippen molar-refractivity contribution in [1.29, 1.82) is 0 Å². The number of nitrogens with zero attached hydrogens (tertiary/aromatic N) is 3. The van der Waals surface area contributed by atoms with Crippen molar-refractivity contribution < 1.29 is 9.47 Å². The third-order valence-corrected chi connectivity index (χ3v) is 4.12. The van der Waals surface area contributed by atoms with Gasteiger partial charge in [0, 0.05) is 43.5 Å². The van der Waals surface area contributed by atoms with E-state index in [2.05, 4.69) is 26.3 Å². The normalized spacial score (nSPS) is 13.5. The first-order chi connectivity index (χ1) is 11.1. The van der Waals surface area contributed by atoms with Crippen LogP contribution in [0.5, 0.6) is 11.5 Å². The number of methoxy groups -OCH3 is 2. The smallest absolute Gasteiger partial charge is 0.224 e. The van der Waals surface area contributed by atoms with Crippen LogP contribution in [0.3, 0.4) is 0 Å². The van der Waals surface area contributed by atoms with Crippen molar-refractivity contribution in [2.24, 2.45) is 0 Å². The molecule has 2 aromatic rings. The maximum atomic E-state index is 5.56. The Morgan fingerprint density at radius 3 is 2.65 bits per heavy atom. The van der Waals surface area contributed by atoms with Crippen molar-refractivity contribution in [1.82, 2.24) is 9.97 Å². The van der Waals surface area contributed by atoms with E-state index < -0.39 is 0 Å². The summed E-state index contributed by atoms with van der Waals surface area (Å²) in [5, 5.41) is 3.01. The van der Waals surface area contributed by atoms with Crippen LogP contribution in [-0.4, -0.2) is 37.8 Å². The minimum absolute atomic E-state index is 0.646. The molecule has 0 radical (unpaired) electrons. The maximum Gasteiger partial charge on any atom is 0.224 e. The number of rotatable bonds is 4. The summed E-state index contributed by atoms with van der Waals surface area (Å²) in [6.07, 6.45) is 0.931. The van der Waals surface area contributed by atoms with Crippen molar-refractivity contribution in [3.05, 3.63) is 35.0 Å². The summed E-state index contributed by atoms with van der Waals surface area (Å²) in [7, 11) is 5.21. The second-order valence-corrected chi connectivity index (χ2v) is 5.58. The number of aromatic nitrogens is 2. The first kappa shape index (κ1) is 15.4. The zero-order valence-electron chi connectivity index (χ0n) is 14.0. The highest BCUT2D eigenvalue weighted by Crippen LogP contribution is 2.34. The van der Waals surface area contributed by atoms with Gasteiger partial charge in [-0.3, -0.25) is 0 Å². The molecule has 122 valence electrons. The molecule has 1 aromatic carbocycles. The van der Waals surface area contributed by atoms with E-state index in [-0.39, 0.29) is 0 Å². The van der Waals surface area contributed by atoms with Gasteiger partial charge >= 0.3 is 0 Å². The number of benzene rings is 1. The van der Waals surface area contributed by atoms with E-state index >= 15 is 0 Å². The highest BCUT2D eigenvalue weighted by Gasteiger charge is 2.22. The molecule has 1 aliphatic heterocycles. The van der Waals surface area contributed by atoms with Crippen LogP contribution in [0, 0.1) is 6.92 Å². The predicted molar refractivity (Wildman–Crippen MR) is 90.6 cm³/mol. The molecular formula is C17H22N4O2. The average molecular weight is 314 g/mol. The van der Waals surface area contributed by atoms with Gasteiger partial charge in [0.2, 0.25) is 5.95 Å². The van der Waals surface area contributed by atoms with Gasteiger partial charge in [-0.25, -0.2) is 4.98 Å². The van der Waals surface area contributed by atoms with E-state index in [9.17, 15) is 0 Å². The van der Waals surface area contributed by atoms with E-state index in [0.717, 1.165) is 42.5 Å². The van der Waals surface area contributed by atoms with Crippen molar-refractivity contribution >= 4 is 11.8 Å². The standard InChI is InChI=1S/C17H22N4O2/c1-11-7-16(20-17(18-2)19-11)21-6-5-12-8-13(22-3)9-15(23-4)14(12)10-21/h7-9H,5-6,10H2,1-4H3,(H,18,19,20). The van der Waals surface area contributed by atoms with Crippen molar-refractivity contribution in [2.75, 3.05) is 38.0 Å². The van der Waals surface area contributed by atoms with Gasteiger partial charge in [0.15, 0.2) is 0 Å². The number of anilines is 2. The molecule has 2 heterocycles. The Morgan fingerprint density at radius 2 is 1.96 bits per heavy atom. The van der Waals surface area contributed by atoms with E-state index in [1.165, 1.54) is 11.1 Å². The van der Waals surface area contributed by atoms with Crippen molar-refractivity contribution in [3.63, 3.8) is 0 Å². The van der Waals surface area contributed by atoms with Gasteiger partial charge in [0.05, 0.1) is 14.2 Å². The fourth-order valence-electron chi connectivity index (χ4n) is 2.92. The van der Waals surface area contributed by atoms with Gasteiger partial charge in [0.25, 0.3) is 0 Å². The molecule has 23 heavy (non-hydrogen) atoms. The van der Waals surface area contributed by atoms with Crippen LogP contribution >= 0.6 is 0 Å². The summed E-state index contributed by atoms with van der Waals surface area (Å²) in [6.45, 7) is 3.65. The van der Waals surface area contributed by atoms with E-state index in [0.29, 0.717) is 5.95 Å². The Hall–Kier alpha value is -2.50. The fourth-order valence-corrected chi connectivity index (χ4v) is 2.92. The Bertz CT molecular complexity index is 701. The molecule has 6 nitrogen and oxygen atoms in total. The lowest BCUT2D eigenvalue weighted by Gasteiger charge is -2.31. The summed E-state index contributed by atoms with van der Waals surface area (Å²) in [5.74, 6) is 3.28. The molecule has 0 fully saturated rings.